The van der Waals surface area contributed by atoms with Crippen molar-refractivity contribution in [2.45, 2.75) is 19.3 Å². The minimum Gasteiger partial charge on any atom is -0.450 e. The minimum absolute atomic E-state index is 0.188. The second-order valence-electron chi connectivity index (χ2n) is 6.60. The molecule has 132 valence electrons. The summed E-state index contributed by atoms with van der Waals surface area (Å²) in [6, 6.07) is 3.62. The van der Waals surface area contributed by atoms with E-state index in [0.717, 1.165) is 30.7 Å². The summed E-state index contributed by atoms with van der Waals surface area (Å²) in [4.78, 5) is 15.3. The van der Waals surface area contributed by atoms with Crippen molar-refractivity contribution in [2.24, 2.45) is 11.8 Å². The van der Waals surface area contributed by atoms with Gasteiger partial charge in [0.1, 0.15) is 10.8 Å². The van der Waals surface area contributed by atoms with Crippen molar-refractivity contribution in [1.29, 1.82) is 0 Å². The van der Waals surface area contributed by atoms with Gasteiger partial charge in [-0.3, -0.25) is 0 Å². The monoisotopic (exact) mass is 361 g/mol. The van der Waals surface area contributed by atoms with E-state index in [-0.39, 0.29) is 5.88 Å². The van der Waals surface area contributed by atoms with Crippen LogP contribution in [-0.4, -0.2) is 39.9 Å². The zero-order valence-corrected chi connectivity index (χ0v) is 14.5. The van der Waals surface area contributed by atoms with Crippen LogP contribution in [0.15, 0.2) is 24.5 Å². The number of fused-ring (bicyclic) bond motifs is 2. The Morgan fingerprint density at radius 2 is 2.08 bits per heavy atom. The zero-order valence-electron chi connectivity index (χ0n) is 13.7. The van der Waals surface area contributed by atoms with E-state index < -0.39 is 6.79 Å². The molecule has 2 bridgehead atoms. The van der Waals surface area contributed by atoms with Gasteiger partial charge in [0.25, 0.3) is 0 Å². The Hall–Kier alpha value is -2.12. The van der Waals surface area contributed by atoms with Gasteiger partial charge in [-0.2, -0.15) is 4.98 Å². The van der Waals surface area contributed by atoms with Gasteiger partial charge in [0.15, 0.2) is 6.79 Å². The van der Waals surface area contributed by atoms with Gasteiger partial charge in [-0.05, 0) is 43.2 Å². The molecule has 1 aliphatic carbocycles. The number of aliphatic hydroxyl groups excluding tert-OH is 1. The predicted octanol–water partition coefficient (Wildman–Crippen LogP) is 2.83. The molecule has 2 atom stereocenters. The Kier molecular flexibility index (Phi) is 4.59. The van der Waals surface area contributed by atoms with Crippen LogP contribution in [0.25, 0.3) is 0 Å². The highest BCUT2D eigenvalue weighted by Crippen LogP contribution is 2.37. The molecule has 0 spiro atoms. The maximum absolute atomic E-state index is 8.78. The standard InChI is InChI=1S/C17H20ClN5O2/c18-14-6-13(7-20-16(14)25-10-24)21-17-19-4-3-15(22-17)23-8-11-1-2-12(5-11)9-23/h3-4,6-7,11-12,24H,1-2,5,8-10H2,(H,19,21,22)/t11-,12+. The Bertz CT molecular complexity index is 748. The van der Waals surface area contributed by atoms with Gasteiger partial charge in [0.2, 0.25) is 11.8 Å². The molecule has 7 nitrogen and oxygen atoms in total. The Morgan fingerprint density at radius 3 is 2.80 bits per heavy atom. The van der Waals surface area contributed by atoms with Gasteiger partial charge in [0.05, 0.1) is 11.9 Å². The molecular weight excluding hydrogens is 342 g/mol. The van der Waals surface area contributed by atoms with E-state index in [1.165, 1.54) is 19.3 Å². The molecular formula is C17H20ClN5O2. The largest absolute Gasteiger partial charge is 0.450 e. The Balaban J connectivity index is 1.49. The molecule has 2 aliphatic rings. The number of anilines is 3. The van der Waals surface area contributed by atoms with Crippen molar-refractivity contribution < 1.29 is 9.84 Å². The van der Waals surface area contributed by atoms with Crippen molar-refractivity contribution in [2.75, 3.05) is 30.1 Å². The van der Waals surface area contributed by atoms with Crippen LogP contribution in [0.5, 0.6) is 5.88 Å². The molecule has 0 unspecified atom stereocenters. The third-order valence-corrected chi connectivity index (χ3v) is 5.11. The molecule has 0 amide bonds. The fraction of sp³-hybridized carbons (Fsp3) is 0.471. The number of aromatic nitrogens is 3. The highest BCUT2D eigenvalue weighted by Gasteiger charge is 2.33. The van der Waals surface area contributed by atoms with Crippen molar-refractivity contribution in [3.05, 3.63) is 29.5 Å². The fourth-order valence-electron chi connectivity index (χ4n) is 3.77. The summed E-state index contributed by atoms with van der Waals surface area (Å²) in [5.74, 6) is 3.24. The maximum Gasteiger partial charge on any atom is 0.234 e. The van der Waals surface area contributed by atoms with Crippen LogP contribution < -0.4 is 15.0 Å². The van der Waals surface area contributed by atoms with Crippen LogP contribution in [0.1, 0.15) is 19.3 Å². The fourth-order valence-corrected chi connectivity index (χ4v) is 3.99. The number of rotatable bonds is 5. The summed E-state index contributed by atoms with van der Waals surface area (Å²) in [6.45, 7) is 1.68. The first-order valence-electron chi connectivity index (χ1n) is 8.45. The van der Waals surface area contributed by atoms with Crippen LogP contribution in [-0.2, 0) is 0 Å². The second kappa shape index (κ2) is 7.01. The quantitative estimate of drug-likeness (QED) is 0.792. The number of piperidine rings is 1. The Morgan fingerprint density at radius 1 is 1.28 bits per heavy atom. The van der Waals surface area contributed by atoms with Crippen molar-refractivity contribution >= 4 is 29.1 Å². The molecule has 8 heteroatoms. The van der Waals surface area contributed by atoms with Crippen LogP contribution in [0.2, 0.25) is 5.02 Å². The normalized spacial score (nSPS) is 22.1. The average molecular weight is 362 g/mol. The molecule has 1 saturated heterocycles. The first-order chi connectivity index (χ1) is 12.2. The van der Waals surface area contributed by atoms with E-state index in [1.54, 1.807) is 18.5 Å². The molecule has 2 aromatic heterocycles. The SMILES string of the molecule is OCOc1ncc(Nc2nccc(N3C[C@@H]4CC[C@@H](C4)C3)n2)cc1Cl. The van der Waals surface area contributed by atoms with E-state index in [1.807, 2.05) is 6.07 Å². The van der Waals surface area contributed by atoms with Crippen LogP contribution in [0, 0.1) is 11.8 Å². The lowest BCUT2D eigenvalue weighted by Gasteiger charge is -2.32. The summed E-state index contributed by atoms with van der Waals surface area (Å²) >= 11 is 6.08. The van der Waals surface area contributed by atoms with Crippen molar-refractivity contribution in [3.8, 4) is 5.88 Å². The lowest BCUT2D eigenvalue weighted by Crippen LogP contribution is -2.36. The van der Waals surface area contributed by atoms with E-state index >= 15 is 0 Å². The van der Waals surface area contributed by atoms with Crippen LogP contribution in [0.4, 0.5) is 17.5 Å². The maximum atomic E-state index is 8.78. The molecule has 1 saturated carbocycles. The second-order valence-corrected chi connectivity index (χ2v) is 7.01. The molecule has 2 fully saturated rings. The highest BCUT2D eigenvalue weighted by molar-refractivity contribution is 6.32. The lowest BCUT2D eigenvalue weighted by molar-refractivity contribution is 0.0942. The number of nitrogens with one attached hydrogen (secondary N) is 1. The van der Waals surface area contributed by atoms with Crippen LogP contribution >= 0.6 is 11.6 Å². The van der Waals surface area contributed by atoms with Gasteiger partial charge in [-0.1, -0.05) is 11.6 Å². The number of ether oxygens (including phenoxy) is 1. The van der Waals surface area contributed by atoms with E-state index in [2.05, 4.69) is 25.2 Å². The van der Waals surface area contributed by atoms with Crippen molar-refractivity contribution in [1.82, 2.24) is 15.0 Å². The highest BCUT2D eigenvalue weighted by atomic mass is 35.5. The topological polar surface area (TPSA) is 83.4 Å². The lowest BCUT2D eigenvalue weighted by atomic mass is 9.99. The summed E-state index contributed by atoms with van der Waals surface area (Å²) < 4.78 is 4.91. The number of pyridine rings is 1. The molecule has 4 rings (SSSR count). The van der Waals surface area contributed by atoms with E-state index in [9.17, 15) is 0 Å². The molecule has 2 aromatic rings. The molecule has 1 aliphatic heterocycles. The number of hydrogen-bond acceptors (Lipinski definition) is 7. The summed E-state index contributed by atoms with van der Waals surface area (Å²) in [5.41, 5.74) is 0.658. The van der Waals surface area contributed by atoms with Crippen molar-refractivity contribution in [3.63, 3.8) is 0 Å². The summed E-state index contributed by atoms with van der Waals surface area (Å²) in [7, 11) is 0. The van der Waals surface area contributed by atoms with E-state index in [4.69, 9.17) is 21.4 Å². The molecule has 25 heavy (non-hydrogen) atoms. The number of hydrogen-bond donors (Lipinski definition) is 2. The Labute approximate surface area is 151 Å². The molecule has 0 aromatic carbocycles. The molecule has 3 heterocycles. The number of aliphatic hydroxyl groups is 1. The van der Waals surface area contributed by atoms with Gasteiger partial charge in [-0.25, -0.2) is 9.97 Å². The molecule has 2 N–H and O–H groups in total. The number of nitrogens with zero attached hydrogens (tertiary/aromatic N) is 4. The van der Waals surface area contributed by atoms with Crippen LogP contribution in [0.3, 0.4) is 0 Å². The zero-order chi connectivity index (χ0) is 17.2. The summed E-state index contributed by atoms with van der Waals surface area (Å²) in [5, 5.41) is 12.2. The average Bonchev–Trinajstić information content (AvgIpc) is 2.96. The summed E-state index contributed by atoms with van der Waals surface area (Å²) in [6.07, 6.45) is 7.36. The van der Waals surface area contributed by atoms with Gasteiger partial charge in [0, 0.05) is 19.3 Å². The third kappa shape index (κ3) is 3.62. The minimum atomic E-state index is -0.470. The number of halogens is 1. The van der Waals surface area contributed by atoms with Gasteiger partial charge < -0.3 is 20.1 Å². The first kappa shape index (κ1) is 16.4. The third-order valence-electron chi connectivity index (χ3n) is 4.84. The predicted molar refractivity (Wildman–Crippen MR) is 95.3 cm³/mol. The van der Waals surface area contributed by atoms with Gasteiger partial charge in [-0.15, -0.1) is 0 Å². The van der Waals surface area contributed by atoms with Gasteiger partial charge >= 0.3 is 0 Å². The van der Waals surface area contributed by atoms with E-state index in [0.29, 0.717) is 16.7 Å². The smallest absolute Gasteiger partial charge is 0.234 e. The first-order valence-corrected chi connectivity index (χ1v) is 8.83. The molecule has 0 radical (unpaired) electrons.